The van der Waals surface area contributed by atoms with Crippen LogP contribution in [0.15, 0.2) is 23.2 Å². The second-order valence-electron chi connectivity index (χ2n) is 5.54. The molecule has 2 aromatic rings. The SMILES string of the molecule is OCC1(NCc2cnc3cnc(Br)cn23)CCCCC1. The van der Waals surface area contributed by atoms with Gasteiger partial charge in [-0.15, -0.1) is 0 Å². The minimum Gasteiger partial charge on any atom is -0.394 e. The van der Waals surface area contributed by atoms with Crippen LogP contribution in [0.4, 0.5) is 0 Å². The lowest BCUT2D eigenvalue weighted by Gasteiger charge is -2.36. The van der Waals surface area contributed by atoms with E-state index in [1.54, 1.807) is 6.20 Å². The number of imidazole rings is 1. The fourth-order valence-electron chi connectivity index (χ4n) is 2.94. The molecule has 0 aromatic carbocycles. The van der Waals surface area contributed by atoms with Gasteiger partial charge >= 0.3 is 0 Å². The number of hydrogen-bond acceptors (Lipinski definition) is 4. The largest absolute Gasteiger partial charge is 0.394 e. The minimum atomic E-state index is -0.118. The van der Waals surface area contributed by atoms with Crippen LogP contribution in [0, 0.1) is 0 Å². The highest BCUT2D eigenvalue weighted by atomic mass is 79.9. The predicted octanol–water partition coefficient (Wildman–Crippen LogP) is 2.28. The standard InChI is InChI=1S/C14H19BrN4O/c15-12-9-19-11(6-17-13(19)8-16-12)7-18-14(10-20)4-2-1-3-5-14/h6,8-9,18,20H,1-5,7,10H2. The molecule has 0 spiro atoms. The molecular weight excluding hydrogens is 320 g/mol. The maximum absolute atomic E-state index is 9.73. The summed E-state index contributed by atoms with van der Waals surface area (Å²) in [6.07, 6.45) is 11.3. The molecule has 0 radical (unpaired) electrons. The van der Waals surface area contributed by atoms with Gasteiger partial charge in [-0.25, -0.2) is 9.97 Å². The van der Waals surface area contributed by atoms with E-state index < -0.39 is 0 Å². The van der Waals surface area contributed by atoms with Crippen molar-refractivity contribution in [3.8, 4) is 0 Å². The second-order valence-corrected chi connectivity index (χ2v) is 6.35. The van der Waals surface area contributed by atoms with Crippen molar-refractivity contribution in [2.45, 2.75) is 44.2 Å². The van der Waals surface area contributed by atoms with Crippen molar-refractivity contribution in [2.75, 3.05) is 6.61 Å². The summed E-state index contributed by atoms with van der Waals surface area (Å²) in [7, 11) is 0. The first-order valence-corrected chi connectivity index (χ1v) is 7.85. The van der Waals surface area contributed by atoms with Crippen LogP contribution in [0.25, 0.3) is 5.65 Å². The predicted molar refractivity (Wildman–Crippen MR) is 80.4 cm³/mol. The van der Waals surface area contributed by atoms with Gasteiger partial charge in [-0.05, 0) is 28.8 Å². The molecule has 1 fully saturated rings. The number of aromatic nitrogens is 3. The topological polar surface area (TPSA) is 62.5 Å². The number of aliphatic hydroxyl groups excluding tert-OH is 1. The van der Waals surface area contributed by atoms with Gasteiger partial charge in [0, 0.05) is 18.3 Å². The van der Waals surface area contributed by atoms with Gasteiger partial charge in [-0.2, -0.15) is 0 Å². The molecule has 0 atom stereocenters. The zero-order valence-corrected chi connectivity index (χ0v) is 12.9. The molecule has 0 bridgehead atoms. The lowest BCUT2D eigenvalue weighted by molar-refractivity contribution is 0.119. The summed E-state index contributed by atoms with van der Waals surface area (Å²) < 4.78 is 2.82. The van der Waals surface area contributed by atoms with Gasteiger partial charge in [0.05, 0.1) is 24.7 Å². The van der Waals surface area contributed by atoms with Crippen molar-refractivity contribution in [3.63, 3.8) is 0 Å². The smallest absolute Gasteiger partial charge is 0.155 e. The molecule has 3 rings (SSSR count). The van der Waals surface area contributed by atoms with Gasteiger partial charge in [-0.3, -0.25) is 4.40 Å². The van der Waals surface area contributed by atoms with E-state index in [-0.39, 0.29) is 12.1 Å². The Bertz CT molecular complexity index is 592. The molecule has 5 nitrogen and oxygen atoms in total. The Morgan fingerprint density at radius 2 is 2.05 bits per heavy atom. The molecule has 2 aromatic heterocycles. The monoisotopic (exact) mass is 338 g/mol. The molecule has 20 heavy (non-hydrogen) atoms. The summed E-state index contributed by atoms with van der Waals surface area (Å²) in [4.78, 5) is 8.52. The Kier molecular flexibility index (Phi) is 4.05. The Balaban J connectivity index is 1.77. The molecule has 0 saturated heterocycles. The normalized spacial score (nSPS) is 18.5. The zero-order valence-electron chi connectivity index (χ0n) is 11.3. The molecule has 1 aliphatic carbocycles. The molecule has 1 aliphatic rings. The molecule has 108 valence electrons. The van der Waals surface area contributed by atoms with Gasteiger partial charge in [0.1, 0.15) is 4.60 Å². The summed E-state index contributed by atoms with van der Waals surface area (Å²) in [6.45, 7) is 0.910. The number of nitrogens with zero attached hydrogens (tertiary/aromatic N) is 3. The highest BCUT2D eigenvalue weighted by Crippen LogP contribution is 2.28. The molecule has 0 unspecified atom stereocenters. The third-order valence-electron chi connectivity index (χ3n) is 4.20. The van der Waals surface area contributed by atoms with E-state index in [0.717, 1.165) is 28.8 Å². The van der Waals surface area contributed by atoms with Crippen molar-refractivity contribution >= 4 is 21.6 Å². The van der Waals surface area contributed by atoms with Crippen LogP contribution >= 0.6 is 15.9 Å². The van der Waals surface area contributed by atoms with E-state index in [1.165, 1.54) is 19.3 Å². The van der Waals surface area contributed by atoms with Crippen molar-refractivity contribution in [1.82, 2.24) is 19.7 Å². The van der Waals surface area contributed by atoms with Crippen LogP contribution in [0.5, 0.6) is 0 Å². The zero-order chi connectivity index (χ0) is 14.0. The minimum absolute atomic E-state index is 0.118. The van der Waals surface area contributed by atoms with E-state index in [1.807, 2.05) is 16.8 Å². The maximum Gasteiger partial charge on any atom is 0.155 e. The number of fused-ring (bicyclic) bond motifs is 1. The van der Waals surface area contributed by atoms with Gasteiger partial charge < -0.3 is 10.4 Å². The van der Waals surface area contributed by atoms with Gasteiger partial charge in [0.2, 0.25) is 0 Å². The average Bonchev–Trinajstić information content (AvgIpc) is 2.88. The Morgan fingerprint density at radius 3 is 2.80 bits per heavy atom. The number of halogens is 1. The molecule has 2 N–H and O–H groups in total. The van der Waals surface area contributed by atoms with Crippen LogP contribution in [-0.4, -0.2) is 31.6 Å². The van der Waals surface area contributed by atoms with E-state index in [0.29, 0.717) is 6.54 Å². The number of rotatable bonds is 4. The van der Waals surface area contributed by atoms with Crippen LogP contribution in [0.2, 0.25) is 0 Å². The first-order valence-electron chi connectivity index (χ1n) is 7.06. The second kappa shape index (κ2) is 5.79. The molecular formula is C14H19BrN4O. The summed E-state index contributed by atoms with van der Waals surface area (Å²) in [5.41, 5.74) is 1.81. The van der Waals surface area contributed by atoms with Crippen molar-refractivity contribution < 1.29 is 5.11 Å². The average molecular weight is 339 g/mol. The summed E-state index contributed by atoms with van der Waals surface area (Å²) >= 11 is 3.38. The van der Waals surface area contributed by atoms with Crippen LogP contribution < -0.4 is 5.32 Å². The fraction of sp³-hybridized carbons (Fsp3) is 0.571. The first-order chi connectivity index (χ1) is 9.72. The quantitative estimate of drug-likeness (QED) is 0.897. The van der Waals surface area contributed by atoms with Crippen molar-refractivity contribution in [1.29, 1.82) is 0 Å². The van der Waals surface area contributed by atoms with Crippen LogP contribution in [-0.2, 0) is 6.54 Å². The van der Waals surface area contributed by atoms with E-state index in [2.05, 4.69) is 31.2 Å². The van der Waals surface area contributed by atoms with E-state index in [4.69, 9.17) is 0 Å². The number of nitrogens with one attached hydrogen (secondary N) is 1. The summed E-state index contributed by atoms with van der Waals surface area (Å²) in [5.74, 6) is 0. The van der Waals surface area contributed by atoms with Gasteiger partial charge in [-0.1, -0.05) is 19.3 Å². The molecule has 1 saturated carbocycles. The van der Waals surface area contributed by atoms with Crippen LogP contribution in [0.1, 0.15) is 37.8 Å². The fourth-order valence-corrected chi connectivity index (χ4v) is 3.25. The van der Waals surface area contributed by atoms with Crippen molar-refractivity contribution in [2.24, 2.45) is 0 Å². The Hall–Kier alpha value is -0.980. The maximum atomic E-state index is 9.73. The third-order valence-corrected chi connectivity index (χ3v) is 4.61. The highest BCUT2D eigenvalue weighted by molar-refractivity contribution is 9.10. The molecule has 0 amide bonds. The van der Waals surface area contributed by atoms with E-state index >= 15 is 0 Å². The van der Waals surface area contributed by atoms with E-state index in [9.17, 15) is 5.11 Å². The summed E-state index contributed by atoms with van der Waals surface area (Å²) in [6, 6.07) is 0. The third kappa shape index (κ3) is 2.73. The molecule has 6 heteroatoms. The highest BCUT2D eigenvalue weighted by Gasteiger charge is 2.30. The Labute approximate surface area is 126 Å². The first kappa shape index (κ1) is 14.0. The van der Waals surface area contributed by atoms with Gasteiger partial charge in [0.25, 0.3) is 0 Å². The number of aliphatic hydroxyl groups is 1. The summed E-state index contributed by atoms with van der Waals surface area (Å²) in [5, 5.41) is 13.3. The lowest BCUT2D eigenvalue weighted by Crippen LogP contribution is -2.49. The molecule has 0 aliphatic heterocycles. The Morgan fingerprint density at radius 1 is 1.25 bits per heavy atom. The molecule has 2 heterocycles. The van der Waals surface area contributed by atoms with Gasteiger partial charge in [0.15, 0.2) is 5.65 Å². The lowest BCUT2D eigenvalue weighted by atomic mass is 9.82. The van der Waals surface area contributed by atoms with Crippen molar-refractivity contribution in [3.05, 3.63) is 28.9 Å². The van der Waals surface area contributed by atoms with Crippen LogP contribution in [0.3, 0.4) is 0 Å². The number of hydrogen-bond donors (Lipinski definition) is 2.